The van der Waals surface area contributed by atoms with Crippen LogP contribution in [0.25, 0.3) is 0 Å². The van der Waals surface area contributed by atoms with Gasteiger partial charge in [0.2, 0.25) is 0 Å². The summed E-state index contributed by atoms with van der Waals surface area (Å²) in [5, 5.41) is 61.8. The molecule has 0 aromatic carbocycles. The summed E-state index contributed by atoms with van der Waals surface area (Å²) in [5.41, 5.74) is 0. The largest absolute Gasteiger partial charge is 1.00 e. The van der Waals surface area contributed by atoms with Gasteiger partial charge in [-0.05, 0) is 0 Å². The van der Waals surface area contributed by atoms with Crippen molar-refractivity contribution < 1.29 is 100 Å². The fourth-order valence-corrected chi connectivity index (χ4v) is 1.43. The Hall–Kier alpha value is -0.0100. The summed E-state index contributed by atoms with van der Waals surface area (Å²) in [5.74, 6) is -2.12. The van der Waals surface area contributed by atoms with Gasteiger partial charge < -0.3 is 9.90 Å². The maximum Gasteiger partial charge on any atom is 1.00 e. The zero-order valence-corrected chi connectivity index (χ0v) is 13.0. The van der Waals surface area contributed by atoms with Gasteiger partial charge in [0.05, 0.1) is 5.97 Å². The Kier molecular flexibility index (Phi) is 14.8. The Balaban J connectivity index is 0. The van der Waals surface area contributed by atoms with Crippen LogP contribution in [0.3, 0.4) is 0 Å². The number of hydrogen-bond donors (Lipinski definition) is 6. The van der Waals surface area contributed by atoms with Crippen LogP contribution in [0.15, 0.2) is 0 Å². The monoisotopic (exact) mass is 344 g/mol. The van der Waals surface area contributed by atoms with Gasteiger partial charge in [0, 0.05) is 0 Å². The zero-order valence-electron chi connectivity index (χ0n) is 11.0. The van der Waals surface area contributed by atoms with E-state index in [1.807, 2.05) is 0 Å². The van der Waals surface area contributed by atoms with E-state index in [9.17, 15) is 9.90 Å². The fourth-order valence-electron chi connectivity index (χ4n) is 1.43. The molecule has 15 heteroatoms. The number of carbonyl (C=O) groups is 1. The zero-order chi connectivity index (χ0) is 16.4. The van der Waals surface area contributed by atoms with Crippen molar-refractivity contribution in [1.82, 2.24) is 0 Å². The average molecular weight is 344 g/mol. The Morgan fingerprint density at radius 2 is 1.32 bits per heavy atom. The number of aliphatic carboxylic acids is 1. The third-order valence-corrected chi connectivity index (χ3v) is 2.40. The predicted molar refractivity (Wildman–Crippen MR) is 51.1 cm³/mol. The van der Waals surface area contributed by atoms with Crippen LogP contribution in [-0.2, 0) is 34.1 Å². The van der Waals surface area contributed by atoms with Gasteiger partial charge >= 0.3 is 29.6 Å². The van der Waals surface area contributed by atoms with Crippen LogP contribution in [0.5, 0.6) is 0 Å². The topological polar surface area (TPSA) is 217 Å². The van der Waals surface area contributed by atoms with Crippen LogP contribution in [0.4, 0.5) is 0 Å². The molecule has 0 aliphatic heterocycles. The van der Waals surface area contributed by atoms with Gasteiger partial charge in [-0.3, -0.25) is 31.5 Å². The van der Waals surface area contributed by atoms with Crippen molar-refractivity contribution in [1.29, 1.82) is 0 Å². The average Bonchev–Trinajstić information content (AvgIpc) is 2.48. The van der Waals surface area contributed by atoms with E-state index in [1.165, 1.54) is 0 Å². The van der Waals surface area contributed by atoms with Crippen molar-refractivity contribution >= 4 is 5.97 Å². The molecule has 0 amide bonds. The van der Waals surface area contributed by atoms with Crippen molar-refractivity contribution in [2.45, 2.75) is 30.5 Å². The molecule has 0 aliphatic rings. The Labute approximate surface area is 143 Å². The summed E-state index contributed by atoms with van der Waals surface area (Å²) in [6.45, 7) is -0.865. The minimum Gasteiger partial charge on any atom is -0.547 e. The molecule has 0 bridgehead atoms. The second-order valence-corrected chi connectivity index (χ2v) is 3.49. The smallest absolute Gasteiger partial charge is 0.547 e. The molecule has 6 N–H and O–H groups in total. The molecule has 0 rings (SSSR count). The third kappa shape index (κ3) is 6.62. The fraction of sp³-hybridized carbons (Fsp3) is 0.857. The summed E-state index contributed by atoms with van der Waals surface area (Å²) in [6, 6.07) is 0. The molecule has 0 aromatic heterocycles. The first-order valence-electron chi connectivity index (χ1n) is 5.00. The molecule has 0 aromatic rings. The van der Waals surface area contributed by atoms with E-state index in [-0.39, 0.29) is 29.6 Å². The normalized spacial score (nSPS) is 17.9. The molecular weight excluding hydrogens is 331 g/mol. The first-order chi connectivity index (χ1) is 10.0. The van der Waals surface area contributed by atoms with Crippen LogP contribution in [0.2, 0.25) is 0 Å². The summed E-state index contributed by atoms with van der Waals surface area (Å²) in [4.78, 5) is 32.6. The van der Waals surface area contributed by atoms with Crippen LogP contribution >= 0.6 is 0 Å². The molecule has 0 fully saturated rings. The molecule has 0 saturated heterocycles. The van der Waals surface area contributed by atoms with Crippen molar-refractivity contribution in [3.05, 3.63) is 0 Å². The van der Waals surface area contributed by atoms with Gasteiger partial charge in [0.1, 0.15) is 6.61 Å². The maximum absolute atomic E-state index is 10.7. The summed E-state index contributed by atoms with van der Waals surface area (Å²) in [6.07, 6.45) is -10.6. The molecule has 0 heterocycles. The van der Waals surface area contributed by atoms with Crippen LogP contribution in [0, 0.1) is 0 Å². The van der Waals surface area contributed by atoms with E-state index in [4.69, 9.17) is 31.5 Å². The number of carbonyl (C=O) groups excluding carboxylic acids is 1. The number of carboxylic acids is 1. The standard InChI is InChI=1S/C7H14O14.Na/c8-7(9)6(21-15)5(20-14)4(19-13)3(18-12)2(17-11)1-16-10;/h2-6,10-15H,1H2,(H,8,9);/q;+1/p-1. The van der Waals surface area contributed by atoms with E-state index in [1.54, 1.807) is 0 Å². The molecule has 126 valence electrons. The first-order valence-corrected chi connectivity index (χ1v) is 5.00. The molecule has 14 nitrogen and oxygen atoms in total. The molecule has 0 spiro atoms. The van der Waals surface area contributed by atoms with Crippen LogP contribution in [-0.4, -0.2) is 74.6 Å². The SMILES string of the molecule is O=C([O-])C(OO)C(OO)C(OO)C(OO)C(COO)OO.[Na+]. The van der Waals surface area contributed by atoms with E-state index < -0.39 is 43.1 Å². The van der Waals surface area contributed by atoms with Crippen molar-refractivity contribution in [3.8, 4) is 0 Å². The molecule has 5 unspecified atom stereocenters. The van der Waals surface area contributed by atoms with Gasteiger partial charge in [-0.15, -0.1) is 0 Å². The summed E-state index contributed by atoms with van der Waals surface area (Å²) < 4.78 is 0. The Morgan fingerprint density at radius 1 is 0.818 bits per heavy atom. The van der Waals surface area contributed by atoms with Crippen molar-refractivity contribution in [2.75, 3.05) is 6.61 Å². The van der Waals surface area contributed by atoms with Gasteiger partial charge in [0.25, 0.3) is 0 Å². The molecule has 0 saturated carbocycles. The predicted octanol–water partition coefficient (Wildman–Crippen LogP) is -5.48. The summed E-state index contributed by atoms with van der Waals surface area (Å²) >= 11 is 0. The quantitative estimate of drug-likeness (QED) is 0.111. The molecule has 5 atom stereocenters. The molecule has 0 radical (unpaired) electrons. The molecule has 22 heavy (non-hydrogen) atoms. The van der Waals surface area contributed by atoms with Crippen LogP contribution < -0.4 is 34.7 Å². The van der Waals surface area contributed by atoms with Crippen molar-refractivity contribution in [2.24, 2.45) is 0 Å². The van der Waals surface area contributed by atoms with Gasteiger partial charge in [-0.1, -0.05) is 0 Å². The summed E-state index contributed by atoms with van der Waals surface area (Å²) in [7, 11) is 0. The van der Waals surface area contributed by atoms with Gasteiger partial charge in [-0.25, -0.2) is 29.3 Å². The third-order valence-electron chi connectivity index (χ3n) is 2.40. The molecule has 0 aliphatic carbocycles. The minimum atomic E-state index is -2.42. The van der Waals surface area contributed by atoms with E-state index in [0.717, 1.165) is 0 Å². The first kappa shape index (κ1) is 24.2. The Morgan fingerprint density at radius 3 is 1.59 bits per heavy atom. The number of rotatable bonds is 12. The van der Waals surface area contributed by atoms with Crippen molar-refractivity contribution in [3.63, 3.8) is 0 Å². The van der Waals surface area contributed by atoms with E-state index in [2.05, 4.69) is 29.3 Å². The second kappa shape index (κ2) is 13.4. The van der Waals surface area contributed by atoms with E-state index >= 15 is 0 Å². The van der Waals surface area contributed by atoms with Gasteiger partial charge in [0.15, 0.2) is 30.5 Å². The van der Waals surface area contributed by atoms with Gasteiger partial charge in [-0.2, -0.15) is 0 Å². The number of hydrogen-bond acceptors (Lipinski definition) is 14. The Bertz CT molecular complexity index is 290. The number of carboxylic acid groups (broad SMARTS) is 1. The maximum atomic E-state index is 10.7. The molecular formula is C7H13NaO14. The van der Waals surface area contributed by atoms with Crippen LogP contribution in [0.1, 0.15) is 0 Å². The minimum absolute atomic E-state index is 0. The second-order valence-electron chi connectivity index (χ2n) is 3.49. The van der Waals surface area contributed by atoms with E-state index in [0.29, 0.717) is 0 Å².